The van der Waals surface area contributed by atoms with Gasteiger partial charge in [-0.1, -0.05) is 41.4 Å². The van der Waals surface area contributed by atoms with Crippen molar-refractivity contribution in [2.24, 2.45) is 0 Å². The van der Waals surface area contributed by atoms with Gasteiger partial charge in [-0.05, 0) is 53.6 Å². The molecule has 0 aliphatic heterocycles. The first kappa shape index (κ1) is 21.0. The summed E-state index contributed by atoms with van der Waals surface area (Å²) in [5.41, 5.74) is 3.95. The van der Waals surface area contributed by atoms with E-state index in [-0.39, 0.29) is 22.5 Å². The van der Waals surface area contributed by atoms with Gasteiger partial charge in [0.2, 0.25) is 11.7 Å². The van der Waals surface area contributed by atoms with Crippen LogP contribution in [-0.4, -0.2) is 18.7 Å². The molecule has 31 heavy (non-hydrogen) atoms. The van der Waals surface area contributed by atoms with Gasteiger partial charge in [0.15, 0.2) is 5.76 Å². The molecule has 1 amide bonds. The fourth-order valence-corrected chi connectivity index (χ4v) is 3.95. The second kappa shape index (κ2) is 8.46. The maximum absolute atomic E-state index is 13.1. The molecule has 5 nitrogen and oxygen atoms in total. The van der Waals surface area contributed by atoms with Crippen LogP contribution in [0.15, 0.2) is 65.1 Å². The SMILES string of the molecule is CNc1c(C(=O)c2ccc(Cl)cc2Cl)oc2cc(-c3cccc(NC(C)=O)c3)ccc12. The van der Waals surface area contributed by atoms with E-state index in [9.17, 15) is 9.59 Å². The monoisotopic (exact) mass is 452 g/mol. The average Bonchev–Trinajstić information content (AvgIpc) is 3.11. The topological polar surface area (TPSA) is 71.3 Å². The number of nitrogens with one attached hydrogen (secondary N) is 2. The normalized spacial score (nSPS) is 10.8. The predicted molar refractivity (Wildman–Crippen MR) is 125 cm³/mol. The van der Waals surface area contributed by atoms with Crippen molar-refractivity contribution in [3.8, 4) is 11.1 Å². The number of amides is 1. The Labute approximate surface area is 189 Å². The number of hydrogen-bond acceptors (Lipinski definition) is 4. The second-order valence-electron chi connectivity index (χ2n) is 6.98. The number of carbonyl (C=O) groups is 2. The van der Waals surface area contributed by atoms with Crippen molar-refractivity contribution in [2.45, 2.75) is 6.92 Å². The van der Waals surface area contributed by atoms with E-state index >= 15 is 0 Å². The number of fused-ring (bicyclic) bond motifs is 1. The van der Waals surface area contributed by atoms with Crippen LogP contribution in [0.1, 0.15) is 23.0 Å². The molecule has 156 valence electrons. The Morgan fingerprint density at radius 2 is 1.71 bits per heavy atom. The third kappa shape index (κ3) is 4.15. The molecule has 3 aromatic carbocycles. The predicted octanol–water partition coefficient (Wildman–Crippen LogP) is 6.64. The summed E-state index contributed by atoms with van der Waals surface area (Å²) in [4.78, 5) is 24.5. The van der Waals surface area contributed by atoms with Gasteiger partial charge in [0, 0.05) is 35.6 Å². The van der Waals surface area contributed by atoms with Crippen LogP contribution in [0.25, 0.3) is 22.1 Å². The van der Waals surface area contributed by atoms with Crippen LogP contribution in [0.4, 0.5) is 11.4 Å². The van der Waals surface area contributed by atoms with E-state index in [2.05, 4.69) is 10.6 Å². The maximum atomic E-state index is 13.1. The summed E-state index contributed by atoms with van der Waals surface area (Å²) in [5.74, 6) is -0.302. The van der Waals surface area contributed by atoms with Gasteiger partial charge >= 0.3 is 0 Å². The van der Waals surface area contributed by atoms with E-state index in [0.717, 1.165) is 16.5 Å². The number of carbonyl (C=O) groups excluding carboxylic acids is 2. The lowest BCUT2D eigenvalue weighted by Gasteiger charge is -2.06. The van der Waals surface area contributed by atoms with Crippen LogP contribution in [-0.2, 0) is 4.79 Å². The van der Waals surface area contributed by atoms with Gasteiger partial charge in [0.1, 0.15) is 5.58 Å². The fraction of sp³-hybridized carbons (Fsp3) is 0.0833. The van der Waals surface area contributed by atoms with Crippen LogP contribution >= 0.6 is 23.2 Å². The van der Waals surface area contributed by atoms with E-state index in [1.54, 1.807) is 19.2 Å². The largest absolute Gasteiger partial charge is 0.450 e. The quantitative estimate of drug-likeness (QED) is 0.333. The fourth-order valence-electron chi connectivity index (χ4n) is 3.46. The van der Waals surface area contributed by atoms with Crippen molar-refractivity contribution in [1.29, 1.82) is 0 Å². The minimum Gasteiger partial charge on any atom is -0.450 e. The van der Waals surface area contributed by atoms with Crippen LogP contribution in [0.2, 0.25) is 10.0 Å². The molecule has 0 unspecified atom stereocenters. The van der Waals surface area contributed by atoms with E-state index in [1.807, 2.05) is 42.5 Å². The number of halogens is 2. The number of furan rings is 1. The standard InChI is InChI=1S/C24H18Cl2N2O3/c1-13(29)28-17-5-3-4-14(10-17)15-6-8-19-21(11-15)31-24(22(19)27-2)23(30)18-9-7-16(25)12-20(18)26/h3-12,27H,1-2H3,(H,28,29). The smallest absolute Gasteiger partial charge is 0.231 e. The molecule has 4 rings (SSSR count). The molecule has 0 spiro atoms. The van der Waals surface area contributed by atoms with Gasteiger partial charge < -0.3 is 15.1 Å². The molecule has 0 saturated heterocycles. The van der Waals surface area contributed by atoms with E-state index < -0.39 is 0 Å². The molecule has 2 N–H and O–H groups in total. The van der Waals surface area contributed by atoms with Crippen molar-refractivity contribution < 1.29 is 14.0 Å². The lowest BCUT2D eigenvalue weighted by atomic mass is 10.0. The molecule has 0 atom stereocenters. The average molecular weight is 453 g/mol. The maximum Gasteiger partial charge on any atom is 0.231 e. The summed E-state index contributed by atoms with van der Waals surface area (Å²) >= 11 is 12.2. The Bertz CT molecular complexity index is 1330. The first-order valence-electron chi connectivity index (χ1n) is 9.49. The van der Waals surface area contributed by atoms with Crippen molar-refractivity contribution in [3.05, 3.63) is 82.0 Å². The molecule has 0 fully saturated rings. The second-order valence-corrected chi connectivity index (χ2v) is 7.83. The molecule has 0 radical (unpaired) electrons. The van der Waals surface area contributed by atoms with Gasteiger partial charge in [0.05, 0.1) is 10.7 Å². The summed E-state index contributed by atoms with van der Waals surface area (Å²) in [6, 6.07) is 17.9. The number of benzene rings is 3. The molecular formula is C24H18Cl2N2O3. The molecule has 4 aromatic rings. The molecule has 0 aliphatic carbocycles. The summed E-state index contributed by atoms with van der Waals surface area (Å²) in [7, 11) is 1.73. The van der Waals surface area contributed by atoms with Crippen molar-refractivity contribution in [3.63, 3.8) is 0 Å². The van der Waals surface area contributed by atoms with Crippen molar-refractivity contribution in [1.82, 2.24) is 0 Å². The lowest BCUT2D eigenvalue weighted by molar-refractivity contribution is -0.114. The molecular weight excluding hydrogens is 435 g/mol. The number of hydrogen-bond donors (Lipinski definition) is 2. The highest BCUT2D eigenvalue weighted by Gasteiger charge is 2.23. The van der Waals surface area contributed by atoms with Crippen molar-refractivity contribution >= 4 is 57.2 Å². The number of ketones is 1. The molecule has 1 heterocycles. The molecule has 0 bridgehead atoms. The lowest BCUT2D eigenvalue weighted by Crippen LogP contribution is -2.05. The third-order valence-corrected chi connectivity index (χ3v) is 5.39. The summed E-state index contributed by atoms with van der Waals surface area (Å²) in [6.45, 7) is 1.46. The Morgan fingerprint density at radius 1 is 0.935 bits per heavy atom. The van der Waals surface area contributed by atoms with Crippen LogP contribution in [0.3, 0.4) is 0 Å². The molecule has 1 aromatic heterocycles. The van der Waals surface area contributed by atoms with E-state index in [4.69, 9.17) is 27.6 Å². The van der Waals surface area contributed by atoms with Gasteiger partial charge in [-0.3, -0.25) is 9.59 Å². The molecule has 7 heteroatoms. The highest BCUT2D eigenvalue weighted by atomic mass is 35.5. The third-order valence-electron chi connectivity index (χ3n) is 4.84. The van der Waals surface area contributed by atoms with Crippen LogP contribution in [0.5, 0.6) is 0 Å². The Morgan fingerprint density at radius 3 is 2.42 bits per heavy atom. The summed E-state index contributed by atoms with van der Waals surface area (Å²) in [6.07, 6.45) is 0. The summed E-state index contributed by atoms with van der Waals surface area (Å²) in [5, 5.41) is 7.32. The first-order chi connectivity index (χ1) is 14.9. The molecule has 0 aliphatic rings. The van der Waals surface area contributed by atoms with E-state index in [0.29, 0.717) is 27.5 Å². The van der Waals surface area contributed by atoms with Crippen molar-refractivity contribution in [2.75, 3.05) is 17.7 Å². The van der Waals surface area contributed by atoms with Gasteiger partial charge in [-0.15, -0.1) is 0 Å². The minimum absolute atomic E-state index is 0.138. The van der Waals surface area contributed by atoms with Gasteiger partial charge in [-0.25, -0.2) is 0 Å². The highest BCUT2D eigenvalue weighted by Crippen LogP contribution is 2.36. The van der Waals surface area contributed by atoms with Crippen LogP contribution in [0, 0.1) is 0 Å². The first-order valence-corrected chi connectivity index (χ1v) is 10.2. The van der Waals surface area contributed by atoms with Crippen LogP contribution < -0.4 is 10.6 Å². The Kier molecular flexibility index (Phi) is 5.72. The Balaban J connectivity index is 1.78. The van der Waals surface area contributed by atoms with Gasteiger partial charge in [-0.2, -0.15) is 0 Å². The molecule has 0 saturated carbocycles. The highest BCUT2D eigenvalue weighted by molar-refractivity contribution is 6.37. The number of anilines is 2. The Hall–Kier alpha value is -3.28. The summed E-state index contributed by atoms with van der Waals surface area (Å²) < 4.78 is 5.98. The zero-order valence-corrected chi connectivity index (χ0v) is 18.3. The number of rotatable bonds is 5. The van der Waals surface area contributed by atoms with E-state index in [1.165, 1.54) is 13.0 Å². The van der Waals surface area contributed by atoms with Gasteiger partial charge in [0.25, 0.3) is 0 Å². The zero-order valence-electron chi connectivity index (χ0n) is 16.8. The minimum atomic E-state index is -0.337. The zero-order chi connectivity index (χ0) is 22.1.